The standard InChI is InChI=1S/C18H16N2O2/c1-20(13-7-12-19)18(22)16-11-6-5-10-15(16)17(21)14-8-3-2-4-9-14/h2-6,8-11H,7,13H2,1H3. The van der Waals surface area contributed by atoms with E-state index in [0.717, 1.165) is 0 Å². The van der Waals surface area contributed by atoms with Gasteiger partial charge >= 0.3 is 0 Å². The largest absolute Gasteiger partial charge is 0.341 e. The SMILES string of the molecule is CN(CCC#N)C(=O)c1ccccc1C(=O)c1ccccc1. The summed E-state index contributed by atoms with van der Waals surface area (Å²) in [5.41, 5.74) is 1.28. The van der Waals surface area contributed by atoms with Gasteiger partial charge in [-0.2, -0.15) is 5.26 Å². The Labute approximate surface area is 129 Å². The second-order valence-electron chi connectivity index (χ2n) is 4.88. The molecule has 0 aromatic heterocycles. The molecule has 110 valence electrons. The Balaban J connectivity index is 2.33. The molecule has 0 unspecified atom stereocenters. The van der Waals surface area contributed by atoms with Crippen LogP contribution in [-0.4, -0.2) is 30.2 Å². The molecule has 2 aromatic rings. The van der Waals surface area contributed by atoms with Crippen molar-refractivity contribution in [3.63, 3.8) is 0 Å². The van der Waals surface area contributed by atoms with Crippen molar-refractivity contribution in [3.8, 4) is 6.07 Å². The molecule has 0 saturated heterocycles. The molecule has 0 heterocycles. The number of ketones is 1. The molecule has 0 saturated carbocycles. The minimum Gasteiger partial charge on any atom is -0.341 e. The van der Waals surface area contributed by atoms with E-state index in [1.807, 2.05) is 12.1 Å². The molecule has 0 atom stereocenters. The summed E-state index contributed by atoms with van der Waals surface area (Å²) in [6, 6.07) is 17.6. The highest BCUT2D eigenvalue weighted by molar-refractivity contribution is 6.15. The van der Waals surface area contributed by atoms with Gasteiger partial charge < -0.3 is 4.90 Å². The van der Waals surface area contributed by atoms with Crippen molar-refractivity contribution in [2.75, 3.05) is 13.6 Å². The van der Waals surface area contributed by atoms with E-state index >= 15 is 0 Å². The number of nitrogens with zero attached hydrogens (tertiary/aromatic N) is 2. The van der Waals surface area contributed by atoms with Crippen molar-refractivity contribution >= 4 is 11.7 Å². The highest BCUT2D eigenvalue weighted by atomic mass is 16.2. The van der Waals surface area contributed by atoms with Crippen LogP contribution in [0.5, 0.6) is 0 Å². The lowest BCUT2D eigenvalue weighted by molar-refractivity contribution is 0.0793. The summed E-state index contributed by atoms with van der Waals surface area (Å²) in [6.45, 7) is 0.337. The Hall–Kier alpha value is -2.93. The monoisotopic (exact) mass is 292 g/mol. The summed E-state index contributed by atoms with van der Waals surface area (Å²) >= 11 is 0. The smallest absolute Gasteiger partial charge is 0.254 e. The van der Waals surface area contributed by atoms with E-state index in [1.54, 1.807) is 55.6 Å². The molecule has 0 aliphatic rings. The van der Waals surface area contributed by atoms with Gasteiger partial charge in [-0.1, -0.05) is 48.5 Å². The number of rotatable bonds is 5. The zero-order valence-corrected chi connectivity index (χ0v) is 12.3. The summed E-state index contributed by atoms with van der Waals surface area (Å²) < 4.78 is 0. The lowest BCUT2D eigenvalue weighted by Gasteiger charge is -2.17. The number of hydrogen-bond acceptors (Lipinski definition) is 3. The molecule has 0 spiro atoms. The summed E-state index contributed by atoms with van der Waals surface area (Å²) in [4.78, 5) is 26.5. The highest BCUT2D eigenvalue weighted by Crippen LogP contribution is 2.16. The Bertz CT molecular complexity index is 717. The molecule has 0 aliphatic carbocycles. The number of carbonyl (C=O) groups is 2. The molecule has 2 rings (SSSR count). The predicted octanol–water partition coefficient (Wildman–Crippen LogP) is 2.90. The molecule has 0 aliphatic heterocycles. The third kappa shape index (κ3) is 3.39. The first kappa shape index (κ1) is 15.5. The molecular weight excluding hydrogens is 276 g/mol. The maximum atomic E-state index is 12.6. The molecule has 2 aromatic carbocycles. The Kier molecular flexibility index (Phi) is 5.05. The first-order valence-corrected chi connectivity index (χ1v) is 6.96. The van der Waals surface area contributed by atoms with Gasteiger partial charge in [-0.3, -0.25) is 9.59 Å². The van der Waals surface area contributed by atoms with Crippen LogP contribution in [0.25, 0.3) is 0 Å². The summed E-state index contributed by atoms with van der Waals surface area (Å²) in [7, 11) is 1.63. The Morgan fingerprint density at radius 2 is 1.59 bits per heavy atom. The van der Waals surface area contributed by atoms with Crippen LogP contribution in [0.15, 0.2) is 54.6 Å². The van der Waals surface area contributed by atoms with Gasteiger partial charge in [0.2, 0.25) is 0 Å². The average molecular weight is 292 g/mol. The van der Waals surface area contributed by atoms with Gasteiger partial charge in [-0.05, 0) is 6.07 Å². The summed E-state index contributed by atoms with van der Waals surface area (Å²) in [6.07, 6.45) is 0.261. The molecule has 4 nitrogen and oxygen atoms in total. The lowest BCUT2D eigenvalue weighted by Crippen LogP contribution is -2.29. The van der Waals surface area contributed by atoms with E-state index < -0.39 is 0 Å². The van der Waals surface area contributed by atoms with Gasteiger partial charge in [0.1, 0.15) is 0 Å². The fourth-order valence-electron chi connectivity index (χ4n) is 2.14. The second-order valence-corrected chi connectivity index (χ2v) is 4.88. The molecule has 0 fully saturated rings. The van der Waals surface area contributed by atoms with Gasteiger partial charge in [-0.15, -0.1) is 0 Å². The van der Waals surface area contributed by atoms with Crippen molar-refractivity contribution in [2.45, 2.75) is 6.42 Å². The number of nitriles is 1. The number of benzene rings is 2. The first-order valence-electron chi connectivity index (χ1n) is 6.96. The Morgan fingerprint density at radius 3 is 2.23 bits per heavy atom. The molecule has 0 N–H and O–H groups in total. The number of carbonyl (C=O) groups excluding carboxylic acids is 2. The number of hydrogen-bond donors (Lipinski definition) is 0. The van der Waals surface area contributed by atoms with Gasteiger partial charge in [-0.25, -0.2) is 0 Å². The van der Waals surface area contributed by atoms with Crippen molar-refractivity contribution in [1.82, 2.24) is 4.90 Å². The van der Waals surface area contributed by atoms with Crippen molar-refractivity contribution in [1.29, 1.82) is 5.26 Å². The fourth-order valence-corrected chi connectivity index (χ4v) is 2.14. The van der Waals surface area contributed by atoms with Crippen LogP contribution < -0.4 is 0 Å². The molecule has 22 heavy (non-hydrogen) atoms. The molecule has 1 amide bonds. The van der Waals surface area contributed by atoms with Crippen molar-refractivity contribution in [3.05, 3.63) is 71.3 Å². The minimum atomic E-state index is -0.255. The lowest BCUT2D eigenvalue weighted by atomic mass is 9.97. The van der Waals surface area contributed by atoms with Crippen LogP contribution in [0.2, 0.25) is 0 Å². The maximum absolute atomic E-state index is 12.6. The van der Waals surface area contributed by atoms with E-state index in [1.165, 1.54) is 4.90 Å². The van der Waals surface area contributed by atoms with Gasteiger partial charge in [0.25, 0.3) is 5.91 Å². The van der Waals surface area contributed by atoms with E-state index in [0.29, 0.717) is 23.2 Å². The first-order chi connectivity index (χ1) is 10.6. The molecule has 0 radical (unpaired) electrons. The third-order valence-corrected chi connectivity index (χ3v) is 3.34. The topological polar surface area (TPSA) is 61.2 Å². The summed E-state index contributed by atoms with van der Waals surface area (Å²) in [5, 5.41) is 8.62. The van der Waals surface area contributed by atoms with E-state index in [-0.39, 0.29) is 18.1 Å². The maximum Gasteiger partial charge on any atom is 0.254 e. The second kappa shape index (κ2) is 7.19. The van der Waals surface area contributed by atoms with E-state index in [9.17, 15) is 9.59 Å². The Morgan fingerprint density at radius 1 is 1.00 bits per heavy atom. The van der Waals surface area contributed by atoms with Crippen molar-refractivity contribution < 1.29 is 9.59 Å². The molecule has 0 bridgehead atoms. The van der Waals surface area contributed by atoms with Crippen LogP contribution in [0.4, 0.5) is 0 Å². The van der Waals surface area contributed by atoms with Crippen LogP contribution in [0.3, 0.4) is 0 Å². The zero-order valence-electron chi connectivity index (χ0n) is 12.3. The molecule has 4 heteroatoms. The zero-order chi connectivity index (χ0) is 15.9. The van der Waals surface area contributed by atoms with Crippen LogP contribution in [0, 0.1) is 11.3 Å². The predicted molar refractivity (Wildman–Crippen MR) is 83.5 cm³/mol. The van der Waals surface area contributed by atoms with Crippen LogP contribution in [0.1, 0.15) is 32.7 Å². The normalized spacial score (nSPS) is 9.82. The van der Waals surface area contributed by atoms with Crippen LogP contribution in [-0.2, 0) is 0 Å². The van der Waals surface area contributed by atoms with E-state index in [2.05, 4.69) is 0 Å². The van der Waals surface area contributed by atoms with E-state index in [4.69, 9.17) is 5.26 Å². The highest BCUT2D eigenvalue weighted by Gasteiger charge is 2.20. The summed E-state index contributed by atoms with van der Waals surface area (Å²) in [5.74, 6) is -0.437. The molecular formula is C18H16N2O2. The van der Waals surface area contributed by atoms with Gasteiger partial charge in [0.05, 0.1) is 18.1 Å². The minimum absolute atomic E-state index is 0.182. The quantitative estimate of drug-likeness (QED) is 0.796. The van der Waals surface area contributed by atoms with Crippen molar-refractivity contribution in [2.24, 2.45) is 0 Å². The average Bonchev–Trinajstić information content (AvgIpc) is 2.59. The van der Waals surface area contributed by atoms with Crippen LogP contribution >= 0.6 is 0 Å². The number of amides is 1. The third-order valence-electron chi connectivity index (χ3n) is 3.34. The van der Waals surface area contributed by atoms with Gasteiger partial charge in [0, 0.05) is 24.7 Å². The fraction of sp³-hybridized carbons (Fsp3) is 0.167. The van der Waals surface area contributed by atoms with Gasteiger partial charge in [0.15, 0.2) is 5.78 Å².